The van der Waals surface area contributed by atoms with E-state index in [2.05, 4.69) is 15.0 Å². The van der Waals surface area contributed by atoms with Crippen molar-refractivity contribution in [2.24, 2.45) is 0 Å². The zero-order chi connectivity index (χ0) is 22.7. The first-order valence-corrected chi connectivity index (χ1v) is 11.1. The van der Waals surface area contributed by atoms with Gasteiger partial charge < -0.3 is 5.32 Å². The SMILES string of the molecule is Cc1ccc(S(=O)(=O)Nc2ccc(NC(=O)c3cncn3-c3ccc(F)cc3)cc2)cc1. The third kappa shape index (κ3) is 4.68. The monoisotopic (exact) mass is 450 g/mol. The van der Waals surface area contributed by atoms with Gasteiger partial charge in [0.2, 0.25) is 0 Å². The summed E-state index contributed by atoms with van der Waals surface area (Å²) in [7, 11) is -3.72. The molecule has 0 aliphatic carbocycles. The second kappa shape index (κ2) is 8.64. The first kappa shape index (κ1) is 21.3. The molecule has 0 saturated heterocycles. The molecular weight excluding hydrogens is 431 g/mol. The minimum atomic E-state index is -3.72. The van der Waals surface area contributed by atoms with Gasteiger partial charge in [-0.15, -0.1) is 0 Å². The summed E-state index contributed by atoms with van der Waals surface area (Å²) in [6.07, 6.45) is 2.87. The largest absolute Gasteiger partial charge is 0.321 e. The molecule has 0 radical (unpaired) electrons. The first-order chi connectivity index (χ1) is 15.3. The number of anilines is 2. The summed E-state index contributed by atoms with van der Waals surface area (Å²) >= 11 is 0. The Morgan fingerprint density at radius 3 is 2.19 bits per heavy atom. The molecule has 32 heavy (non-hydrogen) atoms. The summed E-state index contributed by atoms with van der Waals surface area (Å²) in [6.45, 7) is 1.88. The number of carbonyl (C=O) groups is 1. The Balaban J connectivity index is 1.46. The molecule has 0 saturated carbocycles. The Hall–Kier alpha value is -3.98. The van der Waals surface area contributed by atoms with Gasteiger partial charge in [0.1, 0.15) is 11.5 Å². The van der Waals surface area contributed by atoms with Crippen molar-refractivity contribution in [2.75, 3.05) is 10.0 Å². The van der Waals surface area contributed by atoms with E-state index in [1.807, 2.05) is 6.92 Å². The molecule has 4 aromatic rings. The van der Waals surface area contributed by atoms with Gasteiger partial charge in [-0.3, -0.25) is 14.1 Å². The number of aryl methyl sites for hydroxylation is 1. The van der Waals surface area contributed by atoms with Crippen molar-refractivity contribution in [1.82, 2.24) is 9.55 Å². The molecule has 7 nitrogen and oxygen atoms in total. The molecule has 2 N–H and O–H groups in total. The molecular formula is C23H19FN4O3S. The quantitative estimate of drug-likeness (QED) is 0.456. The highest BCUT2D eigenvalue weighted by atomic mass is 32.2. The van der Waals surface area contributed by atoms with Crippen LogP contribution in [0.4, 0.5) is 15.8 Å². The number of imidazole rings is 1. The molecule has 0 fully saturated rings. The minimum absolute atomic E-state index is 0.162. The van der Waals surface area contributed by atoms with Gasteiger partial charge >= 0.3 is 0 Å². The topological polar surface area (TPSA) is 93.1 Å². The predicted octanol–water partition coefficient (Wildman–Crippen LogP) is 4.37. The summed E-state index contributed by atoms with van der Waals surface area (Å²) in [5, 5.41) is 2.74. The summed E-state index contributed by atoms with van der Waals surface area (Å²) < 4.78 is 42.2. The van der Waals surface area contributed by atoms with Crippen LogP contribution in [-0.2, 0) is 10.0 Å². The van der Waals surface area contributed by atoms with E-state index in [1.54, 1.807) is 53.1 Å². The number of rotatable bonds is 6. The summed E-state index contributed by atoms with van der Waals surface area (Å²) in [5.74, 6) is -0.794. The second-order valence-corrected chi connectivity index (χ2v) is 8.76. The Kier molecular flexibility index (Phi) is 5.74. The van der Waals surface area contributed by atoms with Crippen molar-refractivity contribution in [3.05, 3.63) is 102 Å². The fourth-order valence-corrected chi connectivity index (χ4v) is 4.08. The van der Waals surface area contributed by atoms with Crippen LogP contribution in [0.15, 0.2) is 90.2 Å². The summed E-state index contributed by atoms with van der Waals surface area (Å²) in [5.41, 5.74) is 2.65. The van der Waals surface area contributed by atoms with Gasteiger partial charge in [0.25, 0.3) is 15.9 Å². The molecule has 4 rings (SSSR count). The molecule has 0 atom stereocenters. The Morgan fingerprint density at radius 1 is 0.906 bits per heavy atom. The van der Waals surface area contributed by atoms with E-state index < -0.39 is 15.9 Å². The lowest BCUT2D eigenvalue weighted by Gasteiger charge is -2.11. The van der Waals surface area contributed by atoms with Crippen LogP contribution in [0.3, 0.4) is 0 Å². The number of nitrogens with one attached hydrogen (secondary N) is 2. The van der Waals surface area contributed by atoms with Crippen molar-refractivity contribution in [3.8, 4) is 5.69 Å². The van der Waals surface area contributed by atoms with E-state index >= 15 is 0 Å². The molecule has 1 heterocycles. The number of aromatic nitrogens is 2. The average molecular weight is 450 g/mol. The minimum Gasteiger partial charge on any atom is -0.321 e. The van der Waals surface area contributed by atoms with Gasteiger partial charge in [-0.1, -0.05) is 17.7 Å². The number of hydrogen-bond donors (Lipinski definition) is 2. The highest BCUT2D eigenvalue weighted by Crippen LogP contribution is 2.20. The van der Waals surface area contributed by atoms with E-state index in [0.717, 1.165) is 5.56 Å². The fraction of sp³-hybridized carbons (Fsp3) is 0.0435. The molecule has 3 aromatic carbocycles. The van der Waals surface area contributed by atoms with Crippen molar-refractivity contribution < 1.29 is 17.6 Å². The van der Waals surface area contributed by atoms with Crippen molar-refractivity contribution in [1.29, 1.82) is 0 Å². The van der Waals surface area contributed by atoms with Gasteiger partial charge in [-0.25, -0.2) is 17.8 Å². The Labute approximate surface area is 184 Å². The van der Waals surface area contributed by atoms with Crippen LogP contribution in [0.1, 0.15) is 16.1 Å². The standard InChI is InChI=1S/C23H19FN4O3S/c1-16-2-12-21(13-3-16)32(30,31)27-19-8-6-18(7-9-19)26-23(29)22-14-25-15-28(22)20-10-4-17(24)5-11-20/h2-15,27H,1H3,(H,26,29). The maximum absolute atomic E-state index is 13.2. The Morgan fingerprint density at radius 2 is 1.53 bits per heavy atom. The van der Waals surface area contributed by atoms with E-state index in [9.17, 15) is 17.6 Å². The average Bonchev–Trinajstić information content (AvgIpc) is 3.26. The van der Waals surface area contributed by atoms with Crippen LogP contribution in [0.5, 0.6) is 0 Å². The predicted molar refractivity (Wildman–Crippen MR) is 120 cm³/mol. The number of nitrogens with zero attached hydrogens (tertiary/aromatic N) is 2. The van der Waals surface area contributed by atoms with Crippen LogP contribution in [0.25, 0.3) is 5.69 Å². The molecule has 162 valence electrons. The van der Waals surface area contributed by atoms with Gasteiger partial charge in [-0.05, 0) is 67.6 Å². The first-order valence-electron chi connectivity index (χ1n) is 9.61. The third-order valence-corrected chi connectivity index (χ3v) is 6.10. The van der Waals surface area contributed by atoms with Crippen LogP contribution in [-0.4, -0.2) is 23.9 Å². The van der Waals surface area contributed by atoms with E-state index in [4.69, 9.17) is 0 Å². The molecule has 0 bridgehead atoms. The number of hydrogen-bond acceptors (Lipinski definition) is 4. The van der Waals surface area contributed by atoms with E-state index in [1.165, 1.54) is 36.8 Å². The second-order valence-electron chi connectivity index (χ2n) is 7.08. The van der Waals surface area contributed by atoms with Gasteiger partial charge in [0, 0.05) is 17.1 Å². The highest BCUT2D eigenvalue weighted by molar-refractivity contribution is 7.92. The molecule has 9 heteroatoms. The Bertz CT molecular complexity index is 1350. The van der Waals surface area contributed by atoms with E-state index in [0.29, 0.717) is 17.1 Å². The van der Waals surface area contributed by atoms with Gasteiger partial charge in [0.05, 0.1) is 17.4 Å². The van der Waals surface area contributed by atoms with Crippen molar-refractivity contribution in [2.45, 2.75) is 11.8 Å². The van der Waals surface area contributed by atoms with Crippen LogP contribution in [0.2, 0.25) is 0 Å². The molecule has 0 aliphatic rings. The van der Waals surface area contributed by atoms with Crippen molar-refractivity contribution >= 4 is 27.3 Å². The fourth-order valence-electron chi connectivity index (χ4n) is 3.02. The normalized spacial score (nSPS) is 11.2. The maximum Gasteiger partial charge on any atom is 0.274 e. The van der Waals surface area contributed by atoms with Crippen LogP contribution < -0.4 is 10.0 Å². The number of carbonyl (C=O) groups excluding carboxylic acids is 1. The van der Waals surface area contributed by atoms with Crippen LogP contribution in [0, 0.1) is 12.7 Å². The highest BCUT2D eigenvalue weighted by Gasteiger charge is 2.15. The third-order valence-electron chi connectivity index (χ3n) is 4.70. The lowest BCUT2D eigenvalue weighted by molar-refractivity contribution is 0.102. The smallest absolute Gasteiger partial charge is 0.274 e. The molecule has 0 aliphatic heterocycles. The number of halogens is 1. The number of amides is 1. The number of benzene rings is 3. The van der Waals surface area contributed by atoms with E-state index in [-0.39, 0.29) is 16.4 Å². The zero-order valence-corrected chi connectivity index (χ0v) is 17.8. The molecule has 0 spiro atoms. The number of sulfonamides is 1. The summed E-state index contributed by atoms with van der Waals surface area (Å²) in [6, 6.07) is 18.5. The maximum atomic E-state index is 13.2. The van der Waals surface area contributed by atoms with Crippen molar-refractivity contribution in [3.63, 3.8) is 0 Å². The summed E-state index contributed by atoms with van der Waals surface area (Å²) in [4.78, 5) is 16.9. The van der Waals surface area contributed by atoms with Gasteiger partial charge in [0.15, 0.2) is 0 Å². The van der Waals surface area contributed by atoms with Crippen LogP contribution >= 0.6 is 0 Å². The molecule has 1 aromatic heterocycles. The zero-order valence-electron chi connectivity index (χ0n) is 17.0. The lowest BCUT2D eigenvalue weighted by Crippen LogP contribution is -2.16. The molecule has 0 unspecified atom stereocenters. The lowest BCUT2D eigenvalue weighted by atomic mass is 10.2. The van der Waals surface area contributed by atoms with Gasteiger partial charge in [-0.2, -0.15) is 0 Å². The molecule has 1 amide bonds.